The van der Waals surface area contributed by atoms with E-state index in [4.69, 9.17) is 11.5 Å². The molecule has 0 spiro atoms. The van der Waals surface area contributed by atoms with Crippen LogP contribution in [0, 0.1) is 11.8 Å². The second-order valence-electron chi connectivity index (χ2n) is 7.37. The van der Waals surface area contributed by atoms with E-state index in [9.17, 15) is 0 Å². The van der Waals surface area contributed by atoms with Crippen molar-refractivity contribution in [2.75, 3.05) is 0 Å². The van der Waals surface area contributed by atoms with Crippen LogP contribution in [0.4, 0.5) is 0 Å². The number of nitrogens with two attached hydrogens (primary N) is 2. The van der Waals surface area contributed by atoms with Gasteiger partial charge in [-0.2, -0.15) is 0 Å². The molecule has 2 unspecified atom stereocenters. The average molecular weight is 278 g/mol. The van der Waals surface area contributed by atoms with E-state index < -0.39 is 0 Å². The monoisotopic (exact) mass is 278 g/mol. The molecule has 116 valence electrons. The third kappa shape index (κ3) is 4.46. The van der Waals surface area contributed by atoms with Crippen molar-refractivity contribution in [3.05, 3.63) is 22.3 Å². The van der Waals surface area contributed by atoms with Gasteiger partial charge in [-0.3, -0.25) is 0 Å². The Balaban J connectivity index is 3.25. The molecule has 0 amide bonds. The lowest BCUT2D eigenvalue weighted by atomic mass is 9.76. The molecule has 0 aromatic rings. The Bertz CT molecular complexity index is 350. The summed E-state index contributed by atoms with van der Waals surface area (Å²) in [5, 5.41) is 0. The third-order valence-corrected chi connectivity index (χ3v) is 4.17. The van der Waals surface area contributed by atoms with E-state index in [1.807, 2.05) is 0 Å². The lowest BCUT2D eigenvalue weighted by molar-refractivity contribution is 0.522. The van der Waals surface area contributed by atoms with Crippen LogP contribution in [0.25, 0.3) is 0 Å². The Morgan fingerprint density at radius 2 is 1.15 bits per heavy atom. The van der Waals surface area contributed by atoms with Crippen molar-refractivity contribution in [3.8, 4) is 0 Å². The number of hydrogen-bond acceptors (Lipinski definition) is 2. The Morgan fingerprint density at radius 1 is 0.850 bits per heavy atom. The number of rotatable bonds is 4. The summed E-state index contributed by atoms with van der Waals surface area (Å²) < 4.78 is 0. The van der Waals surface area contributed by atoms with Gasteiger partial charge >= 0.3 is 0 Å². The van der Waals surface area contributed by atoms with Crippen molar-refractivity contribution in [1.29, 1.82) is 0 Å². The third-order valence-electron chi connectivity index (χ3n) is 4.17. The van der Waals surface area contributed by atoms with Gasteiger partial charge in [-0.05, 0) is 62.5 Å². The Hall–Kier alpha value is -0.600. The van der Waals surface area contributed by atoms with Crippen molar-refractivity contribution in [2.24, 2.45) is 23.3 Å². The van der Waals surface area contributed by atoms with Crippen LogP contribution >= 0.6 is 0 Å². The molecular weight excluding hydrogens is 244 g/mol. The molecule has 1 rings (SSSR count). The van der Waals surface area contributed by atoms with Crippen molar-refractivity contribution < 1.29 is 0 Å². The van der Waals surface area contributed by atoms with Crippen LogP contribution in [0.15, 0.2) is 22.3 Å². The molecule has 1 aliphatic carbocycles. The van der Waals surface area contributed by atoms with Crippen LogP contribution in [-0.4, -0.2) is 12.1 Å². The first-order chi connectivity index (χ1) is 9.23. The predicted molar refractivity (Wildman–Crippen MR) is 89.5 cm³/mol. The second-order valence-corrected chi connectivity index (χ2v) is 7.37. The first-order valence-electron chi connectivity index (χ1n) is 8.14. The largest absolute Gasteiger partial charge is 0.324 e. The van der Waals surface area contributed by atoms with Gasteiger partial charge in [-0.15, -0.1) is 0 Å². The molecule has 0 aromatic carbocycles. The molecule has 0 aliphatic heterocycles. The highest BCUT2D eigenvalue weighted by Gasteiger charge is 2.28. The Labute approximate surface area is 125 Å². The highest BCUT2D eigenvalue weighted by atomic mass is 14.7. The molecule has 1 saturated carbocycles. The van der Waals surface area contributed by atoms with Crippen LogP contribution in [0.3, 0.4) is 0 Å². The van der Waals surface area contributed by atoms with E-state index >= 15 is 0 Å². The standard InChI is InChI=1S/C18H34N2/c1-11(2)9-13(5)17-15(19)7-8-16(20)18(17)14(6)10-12(3)4/h11-12,15-16H,7-10,19-20H2,1-6H3. The minimum Gasteiger partial charge on any atom is -0.324 e. The second kappa shape index (κ2) is 7.42. The quantitative estimate of drug-likeness (QED) is 0.811. The number of allylic oxidation sites excluding steroid dienone is 2. The Morgan fingerprint density at radius 3 is 1.40 bits per heavy atom. The zero-order chi connectivity index (χ0) is 15.4. The lowest BCUT2D eigenvalue weighted by Crippen LogP contribution is -2.39. The SMILES string of the molecule is CC(CC(C)C)=C1C(=C(C)CC(C)C)C(N)CCC1N. The first kappa shape index (κ1) is 17.5. The molecule has 2 atom stereocenters. The smallest absolute Gasteiger partial charge is 0.0298 e. The highest BCUT2D eigenvalue weighted by molar-refractivity contribution is 5.46. The van der Waals surface area contributed by atoms with E-state index in [0.29, 0.717) is 11.8 Å². The van der Waals surface area contributed by atoms with Crippen LogP contribution in [-0.2, 0) is 0 Å². The highest BCUT2D eigenvalue weighted by Crippen LogP contribution is 2.35. The van der Waals surface area contributed by atoms with Gasteiger partial charge < -0.3 is 11.5 Å². The molecule has 0 aromatic heterocycles. The minimum absolute atomic E-state index is 0.172. The van der Waals surface area contributed by atoms with Gasteiger partial charge in [0, 0.05) is 12.1 Å². The predicted octanol–water partition coefficient (Wildman–Crippen LogP) is 4.16. The summed E-state index contributed by atoms with van der Waals surface area (Å²) in [6.45, 7) is 13.6. The van der Waals surface area contributed by atoms with Crippen LogP contribution in [0.1, 0.15) is 67.2 Å². The van der Waals surface area contributed by atoms with Crippen LogP contribution < -0.4 is 11.5 Å². The summed E-state index contributed by atoms with van der Waals surface area (Å²) in [6.07, 6.45) is 4.28. The van der Waals surface area contributed by atoms with Crippen LogP contribution in [0.2, 0.25) is 0 Å². The average Bonchev–Trinajstić information content (AvgIpc) is 2.29. The van der Waals surface area contributed by atoms with E-state index in [2.05, 4.69) is 41.5 Å². The van der Waals surface area contributed by atoms with Gasteiger partial charge in [0.1, 0.15) is 0 Å². The van der Waals surface area contributed by atoms with Gasteiger partial charge in [0.05, 0.1) is 0 Å². The van der Waals surface area contributed by atoms with Gasteiger partial charge in [0.15, 0.2) is 0 Å². The molecule has 1 fully saturated rings. The molecule has 2 heteroatoms. The summed E-state index contributed by atoms with van der Waals surface area (Å²) in [5.74, 6) is 1.33. The van der Waals surface area contributed by atoms with E-state index in [0.717, 1.165) is 25.7 Å². The van der Waals surface area contributed by atoms with Gasteiger partial charge in [0.2, 0.25) is 0 Å². The molecule has 2 nitrogen and oxygen atoms in total. The van der Waals surface area contributed by atoms with Crippen molar-refractivity contribution in [1.82, 2.24) is 0 Å². The zero-order valence-electron chi connectivity index (χ0n) is 14.3. The molecule has 4 N–H and O–H groups in total. The Kier molecular flexibility index (Phi) is 6.47. The van der Waals surface area contributed by atoms with E-state index in [1.54, 1.807) is 0 Å². The normalized spacial score (nSPS) is 29.1. The fourth-order valence-corrected chi connectivity index (χ4v) is 3.58. The minimum atomic E-state index is 0.172. The molecular formula is C18H34N2. The maximum absolute atomic E-state index is 6.43. The molecule has 20 heavy (non-hydrogen) atoms. The van der Waals surface area contributed by atoms with Crippen molar-refractivity contribution in [3.63, 3.8) is 0 Å². The topological polar surface area (TPSA) is 52.0 Å². The summed E-state index contributed by atoms with van der Waals surface area (Å²) in [7, 11) is 0. The molecule has 0 radical (unpaired) electrons. The van der Waals surface area contributed by atoms with Gasteiger partial charge in [0.25, 0.3) is 0 Å². The molecule has 1 aliphatic rings. The van der Waals surface area contributed by atoms with E-state index in [1.165, 1.54) is 22.3 Å². The summed E-state index contributed by atoms with van der Waals surface area (Å²) in [6, 6.07) is 0.344. The summed E-state index contributed by atoms with van der Waals surface area (Å²) in [5.41, 5.74) is 18.5. The lowest BCUT2D eigenvalue weighted by Gasteiger charge is -2.34. The fraction of sp³-hybridized carbons (Fsp3) is 0.778. The zero-order valence-corrected chi connectivity index (χ0v) is 14.3. The summed E-state index contributed by atoms with van der Waals surface area (Å²) in [4.78, 5) is 0. The maximum Gasteiger partial charge on any atom is 0.0298 e. The van der Waals surface area contributed by atoms with Gasteiger partial charge in [-0.1, -0.05) is 38.8 Å². The number of hydrogen-bond donors (Lipinski definition) is 2. The van der Waals surface area contributed by atoms with E-state index in [-0.39, 0.29) is 12.1 Å². The first-order valence-corrected chi connectivity index (χ1v) is 8.14. The molecule has 0 saturated heterocycles. The van der Waals surface area contributed by atoms with Crippen molar-refractivity contribution in [2.45, 2.75) is 79.3 Å². The molecule has 0 heterocycles. The van der Waals surface area contributed by atoms with Crippen molar-refractivity contribution >= 4 is 0 Å². The van der Waals surface area contributed by atoms with Gasteiger partial charge in [-0.25, -0.2) is 0 Å². The fourth-order valence-electron chi connectivity index (χ4n) is 3.58. The molecule has 0 bridgehead atoms. The summed E-state index contributed by atoms with van der Waals surface area (Å²) >= 11 is 0. The van der Waals surface area contributed by atoms with Crippen LogP contribution in [0.5, 0.6) is 0 Å². The maximum atomic E-state index is 6.43.